The van der Waals surface area contributed by atoms with Crippen molar-refractivity contribution in [2.45, 2.75) is 19.9 Å². The monoisotopic (exact) mass is 300 g/mol. The SMILES string of the molecule is Cc1nc(CCNCc2ccc(Br)o2)cs1. The molecule has 0 aliphatic carbocycles. The Hall–Kier alpha value is -0.650. The fourth-order valence-electron chi connectivity index (χ4n) is 1.40. The van der Waals surface area contributed by atoms with Gasteiger partial charge in [-0.15, -0.1) is 11.3 Å². The van der Waals surface area contributed by atoms with Crippen molar-refractivity contribution in [2.24, 2.45) is 0 Å². The molecule has 0 saturated carbocycles. The summed E-state index contributed by atoms with van der Waals surface area (Å²) < 4.78 is 6.16. The molecule has 16 heavy (non-hydrogen) atoms. The third-order valence-corrected chi connectivity index (χ3v) is 3.40. The van der Waals surface area contributed by atoms with E-state index in [4.69, 9.17) is 4.42 Å². The average molecular weight is 301 g/mol. The zero-order chi connectivity index (χ0) is 11.4. The van der Waals surface area contributed by atoms with Crippen LogP contribution in [0.1, 0.15) is 16.5 Å². The molecule has 86 valence electrons. The number of hydrogen-bond donors (Lipinski definition) is 1. The van der Waals surface area contributed by atoms with Crippen LogP contribution < -0.4 is 5.32 Å². The molecule has 0 amide bonds. The second-order valence-electron chi connectivity index (χ2n) is 3.49. The van der Waals surface area contributed by atoms with Crippen LogP contribution in [0.4, 0.5) is 0 Å². The summed E-state index contributed by atoms with van der Waals surface area (Å²) in [7, 11) is 0. The van der Waals surface area contributed by atoms with Crippen LogP contribution in [0.2, 0.25) is 0 Å². The molecule has 5 heteroatoms. The number of furan rings is 1. The number of hydrogen-bond acceptors (Lipinski definition) is 4. The Morgan fingerprint density at radius 3 is 3.00 bits per heavy atom. The fourth-order valence-corrected chi connectivity index (χ4v) is 2.39. The molecule has 0 aromatic carbocycles. The van der Waals surface area contributed by atoms with Gasteiger partial charge < -0.3 is 9.73 Å². The zero-order valence-electron chi connectivity index (χ0n) is 9.00. The minimum Gasteiger partial charge on any atom is -0.453 e. The predicted octanol–water partition coefficient (Wildman–Crippen LogP) is 3.14. The maximum absolute atomic E-state index is 5.38. The Morgan fingerprint density at radius 2 is 2.38 bits per heavy atom. The lowest BCUT2D eigenvalue weighted by atomic mass is 10.3. The lowest BCUT2D eigenvalue weighted by Crippen LogP contribution is -2.16. The highest BCUT2D eigenvalue weighted by atomic mass is 79.9. The number of rotatable bonds is 5. The number of nitrogens with one attached hydrogen (secondary N) is 1. The smallest absolute Gasteiger partial charge is 0.169 e. The van der Waals surface area contributed by atoms with E-state index in [2.05, 4.69) is 31.6 Å². The molecule has 0 aliphatic heterocycles. The molecule has 2 heterocycles. The largest absolute Gasteiger partial charge is 0.453 e. The topological polar surface area (TPSA) is 38.1 Å². The van der Waals surface area contributed by atoms with Gasteiger partial charge in [-0.25, -0.2) is 4.98 Å². The molecule has 0 unspecified atom stereocenters. The molecule has 0 atom stereocenters. The van der Waals surface area contributed by atoms with Crippen LogP contribution in [0.5, 0.6) is 0 Å². The molecule has 0 bridgehead atoms. The van der Waals surface area contributed by atoms with Crippen LogP contribution >= 0.6 is 27.3 Å². The maximum atomic E-state index is 5.38. The normalized spacial score (nSPS) is 10.9. The van der Waals surface area contributed by atoms with Gasteiger partial charge in [0.2, 0.25) is 0 Å². The van der Waals surface area contributed by atoms with E-state index in [-0.39, 0.29) is 0 Å². The number of aryl methyl sites for hydroxylation is 1. The van der Waals surface area contributed by atoms with E-state index < -0.39 is 0 Å². The average Bonchev–Trinajstić information content (AvgIpc) is 2.83. The second kappa shape index (κ2) is 5.61. The Morgan fingerprint density at radius 1 is 1.50 bits per heavy atom. The molecule has 2 aromatic rings. The first kappa shape index (κ1) is 11.8. The van der Waals surface area contributed by atoms with Gasteiger partial charge in [0.15, 0.2) is 4.67 Å². The van der Waals surface area contributed by atoms with Gasteiger partial charge in [0, 0.05) is 18.3 Å². The van der Waals surface area contributed by atoms with E-state index in [1.54, 1.807) is 11.3 Å². The first-order chi connectivity index (χ1) is 7.74. The van der Waals surface area contributed by atoms with Gasteiger partial charge >= 0.3 is 0 Å². The van der Waals surface area contributed by atoms with E-state index in [1.165, 1.54) is 0 Å². The Kier molecular flexibility index (Phi) is 4.15. The number of nitrogens with zero attached hydrogens (tertiary/aromatic N) is 1. The summed E-state index contributed by atoms with van der Waals surface area (Å²) in [6.07, 6.45) is 0.965. The van der Waals surface area contributed by atoms with Crippen molar-refractivity contribution in [3.63, 3.8) is 0 Å². The third kappa shape index (κ3) is 3.43. The molecular weight excluding hydrogens is 288 g/mol. The first-order valence-corrected chi connectivity index (χ1v) is 6.77. The van der Waals surface area contributed by atoms with Gasteiger partial charge in [-0.05, 0) is 35.0 Å². The molecular formula is C11H13BrN2OS. The highest BCUT2D eigenvalue weighted by Crippen LogP contribution is 2.13. The summed E-state index contributed by atoms with van der Waals surface area (Å²) in [5.41, 5.74) is 1.16. The van der Waals surface area contributed by atoms with E-state index in [0.717, 1.165) is 40.6 Å². The maximum Gasteiger partial charge on any atom is 0.169 e. The van der Waals surface area contributed by atoms with Crippen molar-refractivity contribution < 1.29 is 4.42 Å². The third-order valence-electron chi connectivity index (χ3n) is 2.15. The standard InChI is InChI=1S/C11H13BrN2OS/c1-8-14-9(7-16-8)4-5-13-6-10-2-3-11(12)15-10/h2-3,7,13H,4-6H2,1H3. The van der Waals surface area contributed by atoms with Crippen LogP contribution in [0.25, 0.3) is 0 Å². The summed E-state index contributed by atoms with van der Waals surface area (Å²) in [6, 6.07) is 3.87. The summed E-state index contributed by atoms with van der Waals surface area (Å²) in [5, 5.41) is 6.56. The fraction of sp³-hybridized carbons (Fsp3) is 0.364. The van der Waals surface area contributed by atoms with E-state index in [0.29, 0.717) is 0 Å². The van der Waals surface area contributed by atoms with E-state index in [9.17, 15) is 0 Å². The summed E-state index contributed by atoms with van der Waals surface area (Å²) in [6.45, 7) is 3.71. The first-order valence-electron chi connectivity index (χ1n) is 5.10. The van der Waals surface area contributed by atoms with Crippen LogP contribution in [0.15, 0.2) is 26.6 Å². The number of thiazole rings is 1. The van der Waals surface area contributed by atoms with Crippen molar-refractivity contribution in [2.75, 3.05) is 6.54 Å². The molecule has 0 aliphatic rings. The van der Waals surface area contributed by atoms with Crippen LogP contribution in [-0.4, -0.2) is 11.5 Å². The van der Waals surface area contributed by atoms with Crippen LogP contribution in [0.3, 0.4) is 0 Å². The number of aromatic nitrogens is 1. The zero-order valence-corrected chi connectivity index (χ0v) is 11.4. The molecule has 0 spiro atoms. The molecule has 0 fully saturated rings. The molecule has 2 aromatic heterocycles. The number of halogens is 1. The van der Waals surface area contributed by atoms with Gasteiger partial charge in [-0.2, -0.15) is 0 Å². The molecule has 0 radical (unpaired) electrons. The lowest BCUT2D eigenvalue weighted by Gasteiger charge is -2.00. The minimum absolute atomic E-state index is 0.759. The summed E-state index contributed by atoms with van der Waals surface area (Å²) in [4.78, 5) is 4.41. The summed E-state index contributed by atoms with van der Waals surface area (Å²) in [5.74, 6) is 0.946. The van der Waals surface area contributed by atoms with Gasteiger partial charge in [-0.3, -0.25) is 0 Å². The van der Waals surface area contributed by atoms with Crippen LogP contribution in [-0.2, 0) is 13.0 Å². The van der Waals surface area contributed by atoms with Crippen molar-refractivity contribution in [3.8, 4) is 0 Å². The predicted molar refractivity (Wildman–Crippen MR) is 68.7 cm³/mol. The van der Waals surface area contributed by atoms with Crippen LogP contribution in [0, 0.1) is 6.92 Å². The highest BCUT2D eigenvalue weighted by Gasteiger charge is 2.00. The van der Waals surface area contributed by atoms with E-state index in [1.807, 2.05) is 19.1 Å². The quantitative estimate of drug-likeness (QED) is 0.862. The summed E-state index contributed by atoms with van der Waals surface area (Å²) >= 11 is 4.98. The van der Waals surface area contributed by atoms with Crippen molar-refractivity contribution in [3.05, 3.63) is 38.6 Å². The van der Waals surface area contributed by atoms with Crippen molar-refractivity contribution in [1.29, 1.82) is 0 Å². The minimum atomic E-state index is 0.759. The Labute approximate surface area is 107 Å². The van der Waals surface area contributed by atoms with E-state index >= 15 is 0 Å². The lowest BCUT2D eigenvalue weighted by molar-refractivity contribution is 0.466. The Balaban J connectivity index is 1.69. The second-order valence-corrected chi connectivity index (χ2v) is 5.33. The van der Waals surface area contributed by atoms with Crippen molar-refractivity contribution in [1.82, 2.24) is 10.3 Å². The van der Waals surface area contributed by atoms with Gasteiger partial charge in [0.25, 0.3) is 0 Å². The van der Waals surface area contributed by atoms with Gasteiger partial charge in [-0.1, -0.05) is 0 Å². The van der Waals surface area contributed by atoms with Gasteiger partial charge in [0.05, 0.1) is 17.2 Å². The molecule has 1 N–H and O–H groups in total. The van der Waals surface area contributed by atoms with Crippen molar-refractivity contribution >= 4 is 27.3 Å². The highest BCUT2D eigenvalue weighted by molar-refractivity contribution is 9.10. The Bertz CT molecular complexity index is 410. The molecule has 3 nitrogen and oxygen atoms in total. The molecule has 2 rings (SSSR count). The molecule has 0 saturated heterocycles. The van der Waals surface area contributed by atoms with Gasteiger partial charge in [0.1, 0.15) is 5.76 Å².